The third kappa shape index (κ3) is 5.98. The maximum absolute atomic E-state index is 6.51. The van der Waals surface area contributed by atoms with Crippen molar-refractivity contribution >= 4 is 71.6 Å². The van der Waals surface area contributed by atoms with Gasteiger partial charge in [-0.15, -0.1) is 0 Å². The highest BCUT2D eigenvalue weighted by Gasteiger charge is 2.19. The Balaban J connectivity index is 0.966. The van der Waals surface area contributed by atoms with Gasteiger partial charge in [-0.3, -0.25) is 0 Å². The van der Waals surface area contributed by atoms with E-state index < -0.39 is 0 Å². The zero-order chi connectivity index (χ0) is 40.3. The molecular formula is C58H38N2O. The summed E-state index contributed by atoms with van der Waals surface area (Å²) in [5.74, 6) is 0. The maximum Gasteiger partial charge on any atom is 0.143 e. The van der Waals surface area contributed by atoms with Gasteiger partial charge in [0.2, 0.25) is 0 Å². The van der Waals surface area contributed by atoms with Crippen molar-refractivity contribution in [3.8, 4) is 39.1 Å². The fraction of sp³-hybridized carbons (Fsp3) is 0. The number of nitrogens with zero attached hydrogens (tertiary/aromatic N) is 2. The Morgan fingerprint density at radius 3 is 1.69 bits per heavy atom. The fourth-order valence-corrected chi connectivity index (χ4v) is 9.20. The molecule has 0 spiro atoms. The second kappa shape index (κ2) is 14.3. The van der Waals surface area contributed by atoms with Crippen molar-refractivity contribution < 1.29 is 4.42 Å². The van der Waals surface area contributed by atoms with Gasteiger partial charge in [-0.2, -0.15) is 0 Å². The van der Waals surface area contributed by atoms with Crippen LogP contribution in [0.2, 0.25) is 0 Å². The zero-order valence-corrected chi connectivity index (χ0v) is 33.2. The largest absolute Gasteiger partial charge is 0.455 e. The Labute approximate surface area is 353 Å². The molecule has 0 N–H and O–H groups in total. The molecule has 286 valence electrons. The van der Waals surface area contributed by atoms with Gasteiger partial charge < -0.3 is 13.9 Å². The summed E-state index contributed by atoms with van der Waals surface area (Å²) >= 11 is 0. The predicted octanol–water partition coefficient (Wildman–Crippen LogP) is 16.3. The first-order valence-corrected chi connectivity index (χ1v) is 20.8. The van der Waals surface area contributed by atoms with Crippen LogP contribution in [0.25, 0.3) is 93.6 Å². The van der Waals surface area contributed by atoms with Crippen LogP contribution in [0, 0.1) is 0 Å². The van der Waals surface area contributed by atoms with Crippen molar-refractivity contribution in [3.63, 3.8) is 0 Å². The molecule has 2 aromatic heterocycles. The summed E-state index contributed by atoms with van der Waals surface area (Å²) in [5.41, 5.74) is 15.5. The van der Waals surface area contributed by atoms with Gasteiger partial charge in [0.15, 0.2) is 0 Å². The van der Waals surface area contributed by atoms with E-state index in [0.717, 1.165) is 66.9 Å². The van der Waals surface area contributed by atoms with Crippen molar-refractivity contribution in [2.45, 2.75) is 0 Å². The molecule has 2 heterocycles. The minimum Gasteiger partial charge on any atom is -0.455 e. The summed E-state index contributed by atoms with van der Waals surface area (Å²) in [6, 6.07) is 82.9. The quantitative estimate of drug-likeness (QED) is 0.161. The van der Waals surface area contributed by atoms with E-state index in [4.69, 9.17) is 4.42 Å². The van der Waals surface area contributed by atoms with Crippen LogP contribution in [0.5, 0.6) is 0 Å². The van der Waals surface area contributed by atoms with Gasteiger partial charge in [-0.1, -0.05) is 152 Å². The van der Waals surface area contributed by atoms with Crippen LogP contribution in [0.1, 0.15) is 0 Å². The van der Waals surface area contributed by atoms with Crippen LogP contribution >= 0.6 is 0 Å². The van der Waals surface area contributed by atoms with E-state index in [1.54, 1.807) is 0 Å². The first-order chi connectivity index (χ1) is 30.2. The number of fused-ring (bicyclic) bond motifs is 7. The highest BCUT2D eigenvalue weighted by atomic mass is 16.3. The molecule has 0 saturated heterocycles. The van der Waals surface area contributed by atoms with Crippen LogP contribution in [-0.2, 0) is 0 Å². The average molecular weight is 779 g/mol. The third-order valence-corrected chi connectivity index (χ3v) is 12.2. The lowest BCUT2D eigenvalue weighted by molar-refractivity contribution is 0.670. The van der Waals surface area contributed by atoms with Gasteiger partial charge in [0.05, 0.1) is 11.0 Å². The lowest BCUT2D eigenvalue weighted by atomic mass is 9.99. The van der Waals surface area contributed by atoms with E-state index >= 15 is 0 Å². The number of aromatic nitrogens is 1. The van der Waals surface area contributed by atoms with E-state index in [1.165, 1.54) is 43.7 Å². The van der Waals surface area contributed by atoms with Gasteiger partial charge in [0.1, 0.15) is 11.2 Å². The average Bonchev–Trinajstić information content (AvgIpc) is 3.88. The van der Waals surface area contributed by atoms with Crippen molar-refractivity contribution in [1.29, 1.82) is 0 Å². The van der Waals surface area contributed by atoms with E-state index in [0.29, 0.717) is 0 Å². The van der Waals surface area contributed by atoms with Crippen molar-refractivity contribution in [1.82, 2.24) is 4.57 Å². The zero-order valence-electron chi connectivity index (χ0n) is 33.2. The van der Waals surface area contributed by atoms with Crippen LogP contribution in [0.15, 0.2) is 235 Å². The molecule has 3 nitrogen and oxygen atoms in total. The number of anilines is 3. The molecule has 0 aliphatic carbocycles. The standard InChI is InChI=1S/C58H38N2O/c1-3-13-42(14-4-1)50-19-11-20-52-54-37-45(28-35-57(54)61-58(50)52)41-26-31-48(32-27-41)59(47-29-24-40(25-30-47)44-23-22-39-12-7-8-15-43(39)36-44)49-33-34-56-53(38-49)51-18-9-10-21-55(51)60(56)46-16-5-2-6-17-46/h1-38H. The summed E-state index contributed by atoms with van der Waals surface area (Å²) in [7, 11) is 0. The molecule has 12 aromatic rings. The van der Waals surface area contributed by atoms with Gasteiger partial charge in [-0.25, -0.2) is 0 Å². The number of benzene rings is 10. The fourth-order valence-electron chi connectivity index (χ4n) is 9.20. The number of furan rings is 1. The number of para-hydroxylation sites is 3. The molecule has 0 fully saturated rings. The van der Waals surface area contributed by atoms with Crippen LogP contribution in [0.4, 0.5) is 17.1 Å². The Hall–Kier alpha value is -8.14. The van der Waals surface area contributed by atoms with E-state index in [-0.39, 0.29) is 0 Å². The summed E-state index contributed by atoms with van der Waals surface area (Å²) < 4.78 is 8.88. The van der Waals surface area contributed by atoms with Gasteiger partial charge >= 0.3 is 0 Å². The Kier molecular flexibility index (Phi) is 8.17. The molecule has 3 heteroatoms. The topological polar surface area (TPSA) is 21.3 Å². The Morgan fingerprint density at radius 2 is 0.918 bits per heavy atom. The first-order valence-electron chi connectivity index (χ1n) is 20.8. The molecule has 61 heavy (non-hydrogen) atoms. The first kappa shape index (κ1) is 34.9. The van der Waals surface area contributed by atoms with Gasteiger partial charge in [0, 0.05) is 49.9 Å². The summed E-state index contributed by atoms with van der Waals surface area (Å²) in [6.07, 6.45) is 0. The molecule has 12 rings (SSSR count). The molecule has 0 aliphatic rings. The number of rotatable bonds is 7. The van der Waals surface area contributed by atoms with E-state index in [1.807, 2.05) is 6.07 Å². The summed E-state index contributed by atoms with van der Waals surface area (Å²) in [6.45, 7) is 0. The summed E-state index contributed by atoms with van der Waals surface area (Å²) in [4.78, 5) is 2.37. The molecule has 0 unspecified atom stereocenters. The van der Waals surface area contributed by atoms with Gasteiger partial charge in [-0.05, 0) is 117 Å². The van der Waals surface area contributed by atoms with Crippen molar-refractivity contribution in [2.75, 3.05) is 4.90 Å². The molecule has 0 amide bonds. The van der Waals surface area contributed by atoms with Crippen LogP contribution in [-0.4, -0.2) is 4.57 Å². The molecule has 0 bridgehead atoms. The van der Waals surface area contributed by atoms with E-state index in [9.17, 15) is 0 Å². The second-order valence-corrected chi connectivity index (χ2v) is 15.7. The van der Waals surface area contributed by atoms with Crippen LogP contribution < -0.4 is 4.90 Å². The van der Waals surface area contributed by atoms with E-state index in [2.05, 4.69) is 234 Å². The highest BCUT2D eigenvalue weighted by Crippen LogP contribution is 2.42. The summed E-state index contributed by atoms with van der Waals surface area (Å²) in [5, 5.41) is 7.16. The molecule has 10 aromatic carbocycles. The Bertz CT molecular complexity index is 3560. The lowest BCUT2D eigenvalue weighted by Gasteiger charge is -2.26. The molecular weight excluding hydrogens is 741 g/mol. The van der Waals surface area contributed by atoms with Gasteiger partial charge in [0.25, 0.3) is 0 Å². The SMILES string of the molecule is c1ccc(-c2cccc3c2oc2ccc(-c4ccc(N(c5ccc(-c6ccc7ccccc7c6)cc5)c5ccc6c(c5)c5ccccc5n6-c5ccccc5)cc4)cc23)cc1. The minimum absolute atomic E-state index is 0.890. The molecule has 0 aliphatic heterocycles. The maximum atomic E-state index is 6.51. The molecule has 0 saturated carbocycles. The second-order valence-electron chi connectivity index (χ2n) is 15.7. The highest BCUT2D eigenvalue weighted by molar-refractivity contribution is 6.12. The van der Waals surface area contributed by atoms with Crippen molar-refractivity contribution in [2.24, 2.45) is 0 Å². The Morgan fingerprint density at radius 1 is 0.328 bits per heavy atom. The minimum atomic E-state index is 0.890. The van der Waals surface area contributed by atoms with Crippen LogP contribution in [0.3, 0.4) is 0 Å². The lowest BCUT2D eigenvalue weighted by Crippen LogP contribution is -2.10. The number of hydrogen-bond acceptors (Lipinski definition) is 2. The smallest absolute Gasteiger partial charge is 0.143 e. The van der Waals surface area contributed by atoms with Crippen molar-refractivity contribution in [3.05, 3.63) is 231 Å². The monoisotopic (exact) mass is 778 g/mol. The molecule has 0 radical (unpaired) electrons. The predicted molar refractivity (Wildman–Crippen MR) is 257 cm³/mol. The normalized spacial score (nSPS) is 11.6. The molecule has 0 atom stereocenters. The number of hydrogen-bond donors (Lipinski definition) is 0. The third-order valence-electron chi connectivity index (χ3n) is 12.2.